The topological polar surface area (TPSA) is 42.0 Å². The molecule has 12 heavy (non-hydrogen) atoms. The molecule has 1 fully saturated rings. The van der Waals surface area contributed by atoms with E-state index in [2.05, 4.69) is 10.3 Å². The predicted molar refractivity (Wildman–Crippen MR) is 47.1 cm³/mol. The second-order valence-electron chi connectivity index (χ2n) is 3.08. The fourth-order valence-corrected chi connectivity index (χ4v) is 2.17. The molecule has 0 saturated carbocycles. The van der Waals surface area contributed by atoms with Crippen LogP contribution in [-0.4, -0.2) is 16.9 Å². The first-order valence-corrected chi connectivity index (χ1v) is 4.89. The molecular weight excluding hydrogens is 172 g/mol. The van der Waals surface area contributed by atoms with Crippen molar-refractivity contribution in [3.8, 4) is 0 Å². The minimum absolute atomic E-state index is 0.139. The highest BCUT2D eigenvalue weighted by Gasteiger charge is 2.31. The van der Waals surface area contributed by atoms with Crippen molar-refractivity contribution in [2.75, 3.05) is 0 Å². The van der Waals surface area contributed by atoms with Crippen LogP contribution in [0.4, 0.5) is 0 Å². The van der Waals surface area contributed by atoms with Gasteiger partial charge in [-0.25, -0.2) is 4.98 Å². The smallest absolute Gasteiger partial charge is 0.220 e. The summed E-state index contributed by atoms with van der Waals surface area (Å²) in [7, 11) is 0. The number of hydrogen-bond acceptors (Lipinski definition) is 3. The number of rotatable bonds is 1. The second-order valence-corrected chi connectivity index (χ2v) is 3.80. The zero-order chi connectivity index (χ0) is 8.55. The summed E-state index contributed by atoms with van der Waals surface area (Å²) in [5.74, 6) is 0.421. The zero-order valence-electron chi connectivity index (χ0n) is 6.78. The molecule has 0 spiro atoms. The lowest BCUT2D eigenvalue weighted by Gasteiger charge is -2.10. The first-order valence-electron chi connectivity index (χ1n) is 3.95. The molecule has 4 heteroatoms. The third-order valence-electron chi connectivity index (χ3n) is 2.23. The number of nitrogens with zero attached hydrogens (tertiary/aromatic N) is 1. The lowest BCUT2D eigenvalue weighted by Crippen LogP contribution is -2.24. The predicted octanol–water partition coefficient (Wildman–Crippen LogP) is 1.14. The molecule has 2 rings (SSSR count). The van der Waals surface area contributed by atoms with Gasteiger partial charge < -0.3 is 5.32 Å². The number of nitrogens with one attached hydrogen (secondary N) is 1. The summed E-state index contributed by atoms with van der Waals surface area (Å²) in [5.41, 5.74) is 2.86. The van der Waals surface area contributed by atoms with E-state index in [1.807, 2.05) is 17.8 Å². The fourth-order valence-electron chi connectivity index (χ4n) is 1.56. The van der Waals surface area contributed by atoms with Gasteiger partial charge in [-0.05, 0) is 6.92 Å². The van der Waals surface area contributed by atoms with Crippen molar-refractivity contribution in [3.63, 3.8) is 0 Å². The van der Waals surface area contributed by atoms with Crippen LogP contribution in [0.15, 0.2) is 10.9 Å². The summed E-state index contributed by atoms with van der Waals surface area (Å²) in [5, 5.41) is 4.90. The van der Waals surface area contributed by atoms with E-state index in [9.17, 15) is 4.79 Å². The molecule has 2 heterocycles. The van der Waals surface area contributed by atoms with Crippen molar-refractivity contribution >= 4 is 17.2 Å². The molecule has 1 aromatic rings. The maximum atomic E-state index is 11.0. The number of hydrogen-bond donors (Lipinski definition) is 1. The van der Waals surface area contributed by atoms with Crippen molar-refractivity contribution in [2.45, 2.75) is 25.3 Å². The average molecular weight is 182 g/mol. The van der Waals surface area contributed by atoms with Crippen LogP contribution in [0.1, 0.15) is 25.0 Å². The molecule has 1 saturated heterocycles. The molecule has 1 aliphatic heterocycles. The Hall–Kier alpha value is -0.900. The van der Waals surface area contributed by atoms with Crippen molar-refractivity contribution in [2.24, 2.45) is 0 Å². The number of aromatic nitrogens is 1. The molecule has 1 aromatic heterocycles. The molecule has 0 aromatic carbocycles. The number of carbonyl (C=O) groups excluding carboxylic acids is 1. The van der Waals surface area contributed by atoms with E-state index in [-0.39, 0.29) is 17.9 Å². The van der Waals surface area contributed by atoms with Gasteiger partial charge in [0.25, 0.3) is 0 Å². The van der Waals surface area contributed by atoms with Crippen LogP contribution >= 0.6 is 11.3 Å². The maximum Gasteiger partial charge on any atom is 0.220 e. The van der Waals surface area contributed by atoms with E-state index in [4.69, 9.17) is 0 Å². The monoisotopic (exact) mass is 182 g/mol. The van der Waals surface area contributed by atoms with Gasteiger partial charge in [0.05, 0.1) is 11.2 Å². The quantitative estimate of drug-likeness (QED) is 0.707. The molecule has 2 unspecified atom stereocenters. The maximum absolute atomic E-state index is 11.0. The van der Waals surface area contributed by atoms with Gasteiger partial charge in [-0.2, -0.15) is 0 Å². The van der Waals surface area contributed by atoms with Crippen molar-refractivity contribution < 1.29 is 4.79 Å². The molecule has 1 N–H and O–H groups in total. The van der Waals surface area contributed by atoms with Crippen LogP contribution in [0.3, 0.4) is 0 Å². The van der Waals surface area contributed by atoms with Gasteiger partial charge >= 0.3 is 0 Å². The molecule has 0 aliphatic carbocycles. The van der Waals surface area contributed by atoms with Crippen LogP contribution in [0.2, 0.25) is 0 Å². The first-order chi connectivity index (χ1) is 5.77. The first kappa shape index (κ1) is 7.73. The summed E-state index contributed by atoms with van der Waals surface area (Å²) in [6.07, 6.45) is 0.588. The Morgan fingerprint density at radius 3 is 3.08 bits per heavy atom. The van der Waals surface area contributed by atoms with Gasteiger partial charge in [0.15, 0.2) is 0 Å². The Labute approximate surface area is 74.8 Å². The highest BCUT2D eigenvalue weighted by atomic mass is 32.1. The molecule has 1 aliphatic rings. The van der Waals surface area contributed by atoms with E-state index < -0.39 is 0 Å². The van der Waals surface area contributed by atoms with E-state index in [0.717, 1.165) is 5.69 Å². The van der Waals surface area contributed by atoms with Crippen LogP contribution < -0.4 is 5.32 Å². The third-order valence-corrected chi connectivity index (χ3v) is 2.83. The minimum Gasteiger partial charge on any atom is -0.353 e. The van der Waals surface area contributed by atoms with Gasteiger partial charge in [0, 0.05) is 23.8 Å². The summed E-state index contributed by atoms with van der Waals surface area (Å²) in [4.78, 5) is 15.2. The Balaban J connectivity index is 2.20. The molecular formula is C8H10N2OS. The number of amides is 1. The zero-order valence-corrected chi connectivity index (χ0v) is 7.60. The van der Waals surface area contributed by atoms with Crippen LogP contribution in [-0.2, 0) is 4.79 Å². The van der Waals surface area contributed by atoms with Gasteiger partial charge in [0.2, 0.25) is 5.91 Å². The van der Waals surface area contributed by atoms with E-state index >= 15 is 0 Å². The van der Waals surface area contributed by atoms with Crippen molar-refractivity contribution in [1.82, 2.24) is 10.3 Å². The van der Waals surface area contributed by atoms with Gasteiger partial charge in [-0.3, -0.25) is 4.79 Å². The molecule has 3 nitrogen and oxygen atoms in total. The summed E-state index contributed by atoms with van der Waals surface area (Å²) >= 11 is 1.58. The Morgan fingerprint density at radius 1 is 1.75 bits per heavy atom. The summed E-state index contributed by atoms with van der Waals surface area (Å²) < 4.78 is 0. The molecule has 64 valence electrons. The number of carbonyl (C=O) groups is 1. The summed E-state index contributed by atoms with van der Waals surface area (Å²) in [6, 6.07) is 0.236. The van der Waals surface area contributed by atoms with Crippen LogP contribution in [0, 0.1) is 0 Å². The Bertz CT molecular complexity index is 283. The van der Waals surface area contributed by atoms with E-state index in [1.165, 1.54) is 0 Å². The van der Waals surface area contributed by atoms with Crippen LogP contribution in [0.25, 0.3) is 0 Å². The Kier molecular flexibility index (Phi) is 1.84. The Morgan fingerprint density at radius 2 is 2.58 bits per heavy atom. The van der Waals surface area contributed by atoms with Crippen molar-refractivity contribution in [1.29, 1.82) is 0 Å². The molecule has 0 bridgehead atoms. The number of thiazole rings is 1. The van der Waals surface area contributed by atoms with Crippen LogP contribution in [0.5, 0.6) is 0 Å². The van der Waals surface area contributed by atoms with Crippen molar-refractivity contribution in [3.05, 3.63) is 16.6 Å². The van der Waals surface area contributed by atoms with Gasteiger partial charge in [-0.15, -0.1) is 11.3 Å². The van der Waals surface area contributed by atoms with Gasteiger partial charge in [-0.1, -0.05) is 0 Å². The second kappa shape index (κ2) is 2.86. The highest BCUT2D eigenvalue weighted by molar-refractivity contribution is 7.07. The standard InChI is InChI=1S/C8H10N2OS/c1-5-6(2-8(11)10-5)7-3-12-4-9-7/h3-6H,2H2,1H3,(H,10,11). The van der Waals surface area contributed by atoms with E-state index in [1.54, 1.807) is 11.3 Å². The minimum atomic E-state index is 0.139. The average Bonchev–Trinajstić information content (AvgIpc) is 2.58. The fraction of sp³-hybridized carbons (Fsp3) is 0.500. The normalized spacial score (nSPS) is 28.9. The SMILES string of the molecule is CC1NC(=O)CC1c1cscn1. The molecule has 2 atom stereocenters. The molecule has 0 radical (unpaired) electrons. The summed E-state index contributed by atoms with van der Waals surface area (Å²) in [6.45, 7) is 2.02. The third kappa shape index (κ3) is 1.22. The largest absolute Gasteiger partial charge is 0.353 e. The van der Waals surface area contributed by atoms with Gasteiger partial charge in [0.1, 0.15) is 0 Å². The van der Waals surface area contributed by atoms with E-state index in [0.29, 0.717) is 6.42 Å². The highest BCUT2D eigenvalue weighted by Crippen LogP contribution is 2.27. The lowest BCUT2D eigenvalue weighted by molar-refractivity contribution is -0.119. The molecule has 1 amide bonds. The lowest BCUT2D eigenvalue weighted by atomic mass is 9.99.